The Labute approximate surface area is 80.3 Å². The van der Waals surface area contributed by atoms with Crippen molar-refractivity contribution in [3.8, 4) is 0 Å². The molecule has 0 aliphatic carbocycles. The van der Waals surface area contributed by atoms with Crippen molar-refractivity contribution in [1.29, 1.82) is 0 Å². The molecule has 0 aliphatic heterocycles. The van der Waals surface area contributed by atoms with E-state index >= 15 is 0 Å². The molecule has 0 heterocycles. The fraction of sp³-hybridized carbons (Fsp3) is 1.00. The molecule has 0 radical (unpaired) electrons. The van der Waals surface area contributed by atoms with E-state index < -0.39 is 10.2 Å². The molecule has 5 nitrogen and oxygen atoms in total. The molecule has 0 spiro atoms. The second-order valence-electron chi connectivity index (χ2n) is 3.26. The fourth-order valence-electron chi connectivity index (χ4n) is 0.683. The SMILES string of the molecule is CCNS(=O)(=O)NCC(N)C(C)C. The maximum Gasteiger partial charge on any atom is 0.276 e. The third kappa shape index (κ3) is 5.98. The normalized spacial score (nSPS) is 14.8. The van der Waals surface area contributed by atoms with Crippen LogP contribution >= 0.6 is 0 Å². The van der Waals surface area contributed by atoms with Crippen LogP contribution in [0.3, 0.4) is 0 Å². The second-order valence-corrected chi connectivity index (χ2v) is 4.84. The number of nitrogens with two attached hydrogens (primary N) is 1. The average molecular weight is 209 g/mol. The van der Waals surface area contributed by atoms with Crippen LogP contribution in [0.1, 0.15) is 20.8 Å². The molecule has 13 heavy (non-hydrogen) atoms. The molecule has 0 saturated heterocycles. The highest BCUT2D eigenvalue weighted by Crippen LogP contribution is 1.96. The Morgan fingerprint density at radius 1 is 1.31 bits per heavy atom. The van der Waals surface area contributed by atoms with Crippen LogP contribution in [0.25, 0.3) is 0 Å². The smallest absolute Gasteiger partial charge is 0.276 e. The van der Waals surface area contributed by atoms with E-state index in [1.807, 2.05) is 13.8 Å². The summed E-state index contributed by atoms with van der Waals surface area (Å²) in [7, 11) is -3.34. The van der Waals surface area contributed by atoms with Crippen LogP contribution in [0.4, 0.5) is 0 Å². The van der Waals surface area contributed by atoms with E-state index in [-0.39, 0.29) is 18.5 Å². The van der Waals surface area contributed by atoms with E-state index in [1.54, 1.807) is 6.92 Å². The molecule has 0 saturated carbocycles. The number of hydrogen-bond donors (Lipinski definition) is 3. The van der Waals surface area contributed by atoms with Crippen LogP contribution < -0.4 is 15.2 Å². The standard InChI is InChI=1S/C7H19N3O2S/c1-4-9-13(11,12)10-5-7(8)6(2)3/h6-7,9-10H,4-5,8H2,1-3H3. The lowest BCUT2D eigenvalue weighted by Gasteiger charge is -2.16. The van der Waals surface area contributed by atoms with Crippen molar-refractivity contribution in [2.45, 2.75) is 26.8 Å². The zero-order valence-corrected chi connectivity index (χ0v) is 9.19. The summed E-state index contributed by atoms with van der Waals surface area (Å²) in [5.74, 6) is 0.268. The lowest BCUT2D eigenvalue weighted by molar-refractivity contribution is 0.479. The van der Waals surface area contributed by atoms with Gasteiger partial charge >= 0.3 is 0 Å². The Morgan fingerprint density at radius 3 is 2.23 bits per heavy atom. The molecule has 0 aromatic rings. The van der Waals surface area contributed by atoms with Gasteiger partial charge in [0.25, 0.3) is 10.2 Å². The summed E-state index contributed by atoms with van der Waals surface area (Å²) < 4.78 is 26.9. The van der Waals surface area contributed by atoms with Gasteiger partial charge in [0.2, 0.25) is 0 Å². The van der Waals surface area contributed by atoms with Crippen molar-refractivity contribution in [3.05, 3.63) is 0 Å². The van der Waals surface area contributed by atoms with Crippen molar-refractivity contribution < 1.29 is 8.42 Å². The van der Waals surface area contributed by atoms with Crippen molar-refractivity contribution in [1.82, 2.24) is 9.44 Å². The van der Waals surface area contributed by atoms with Gasteiger partial charge in [-0.3, -0.25) is 0 Å². The van der Waals surface area contributed by atoms with Gasteiger partial charge in [-0.2, -0.15) is 8.42 Å². The average Bonchev–Trinajstić information content (AvgIpc) is 2.00. The highest BCUT2D eigenvalue weighted by molar-refractivity contribution is 7.87. The Bertz CT molecular complexity index is 226. The maximum atomic E-state index is 11.1. The predicted octanol–water partition coefficient (Wildman–Crippen LogP) is -0.586. The largest absolute Gasteiger partial charge is 0.326 e. The molecule has 6 heteroatoms. The lowest BCUT2D eigenvalue weighted by atomic mass is 10.1. The van der Waals surface area contributed by atoms with Crippen molar-refractivity contribution in [2.24, 2.45) is 11.7 Å². The molecule has 0 aromatic heterocycles. The first-order chi connectivity index (χ1) is 5.89. The quantitative estimate of drug-likeness (QED) is 0.547. The summed E-state index contributed by atoms with van der Waals surface area (Å²) in [6.07, 6.45) is 0. The minimum Gasteiger partial charge on any atom is -0.326 e. The number of hydrogen-bond acceptors (Lipinski definition) is 3. The summed E-state index contributed by atoms with van der Waals surface area (Å²) in [4.78, 5) is 0. The molecule has 0 fully saturated rings. The number of nitrogens with one attached hydrogen (secondary N) is 2. The first kappa shape index (κ1) is 12.8. The molecule has 0 aliphatic rings. The van der Waals surface area contributed by atoms with E-state index in [1.165, 1.54) is 0 Å². The molecule has 80 valence electrons. The Morgan fingerprint density at radius 2 is 1.85 bits per heavy atom. The van der Waals surface area contributed by atoms with Gasteiger partial charge in [-0.25, -0.2) is 9.44 Å². The zero-order valence-electron chi connectivity index (χ0n) is 8.37. The fourth-order valence-corrected chi connectivity index (χ4v) is 1.58. The monoisotopic (exact) mass is 209 g/mol. The van der Waals surface area contributed by atoms with Gasteiger partial charge in [-0.15, -0.1) is 0 Å². The molecular weight excluding hydrogens is 190 g/mol. The van der Waals surface area contributed by atoms with Gasteiger partial charge in [-0.1, -0.05) is 20.8 Å². The first-order valence-corrected chi connectivity index (χ1v) is 5.87. The third-order valence-electron chi connectivity index (χ3n) is 1.70. The van der Waals surface area contributed by atoms with Gasteiger partial charge in [0.1, 0.15) is 0 Å². The van der Waals surface area contributed by atoms with E-state index in [4.69, 9.17) is 5.73 Å². The molecule has 4 N–H and O–H groups in total. The van der Waals surface area contributed by atoms with Gasteiger partial charge < -0.3 is 5.73 Å². The van der Waals surface area contributed by atoms with E-state index in [2.05, 4.69) is 9.44 Å². The third-order valence-corrected chi connectivity index (χ3v) is 2.92. The van der Waals surface area contributed by atoms with E-state index in [0.29, 0.717) is 6.54 Å². The lowest BCUT2D eigenvalue weighted by Crippen LogP contribution is -2.44. The summed E-state index contributed by atoms with van der Waals surface area (Å²) in [6.45, 7) is 6.28. The van der Waals surface area contributed by atoms with Crippen LogP contribution in [0.15, 0.2) is 0 Å². The molecule has 0 aromatic carbocycles. The molecule has 0 amide bonds. The maximum absolute atomic E-state index is 11.1. The van der Waals surface area contributed by atoms with Crippen LogP contribution in [0.2, 0.25) is 0 Å². The summed E-state index contributed by atoms with van der Waals surface area (Å²) >= 11 is 0. The van der Waals surface area contributed by atoms with E-state index in [9.17, 15) is 8.42 Å². The highest BCUT2D eigenvalue weighted by atomic mass is 32.2. The van der Waals surface area contributed by atoms with Crippen LogP contribution in [0.5, 0.6) is 0 Å². The minimum atomic E-state index is -3.34. The van der Waals surface area contributed by atoms with Gasteiger partial charge in [0.05, 0.1) is 0 Å². The predicted molar refractivity (Wildman–Crippen MR) is 53.4 cm³/mol. The summed E-state index contributed by atoms with van der Waals surface area (Å²) in [5, 5.41) is 0. The summed E-state index contributed by atoms with van der Waals surface area (Å²) in [5.41, 5.74) is 5.67. The zero-order chi connectivity index (χ0) is 10.5. The molecule has 1 atom stereocenters. The molecule has 0 bridgehead atoms. The Hall–Kier alpha value is -0.170. The minimum absolute atomic E-state index is 0.145. The van der Waals surface area contributed by atoms with Crippen molar-refractivity contribution in [2.75, 3.05) is 13.1 Å². The van der Waals surface area contributed by atoms with Gasteiger partial charge in [-0.05, 0) is 5.92 Å². The molecular formula is C7H19N3O2S. The second kappa shape index (κ2) is 5.54. The van der Waals surface area contributed by atoms with Crippen LogP contribution in [0, 0.1) is 5.92 Å². The highest BCUT2D eigenvalue weighted by Gasteiger charge is 2.12. The van der Waals surface area contributed by atoms with E-state index in [0.717, 1.165) is 0 Å². The molecule has 0 rings (SSSR count). The molecule has 1 unspecified atom stereocenters. The first-order valence-electron chi connectivity index (χ1n) is 4.39. The topological polar surface area (TPSA) is 84.2 Å². The van der Waals surface area contributed by atoms with Crippen molar-refractivity contribution >= 4 is 10.2 Å². The van der Waals surface area contributed by atoms with Crippen LogP contribution in [-0.4, -0.2) is 27.5 Å². The van der Waals surface area contributed by atoms with Crippen molar-refractivity contribution in [3.63, 3.8) is 0 Å². The van der Waals surface area contributed by atoms with Gasteiger partial charge in [0, 0.05) is 19.1 Å². The summed E-state index contributed by atoms with van der Waals surface area (Å²) in [6, 6.07) is -0.145. The Kier molecular flexibility index (Phi) is 5.46. The number of rotatable bonds is 6. The van der Waals surface area contributed by atoms with Gasteiger partial charge in [0.15, 0.2) is 0 Å². The Balaban J connectivity index is 3.88. The van der Waals surface area contributed by atoms with Crippen LogP contribution in [-0.2, 0) is 10.2 Å².